The molecule has 0 atom stereocenters. The molecule has 2 rings (SSSR count). The summed E-state index contributed by atoms with van der Waals surface area (Å²) >= 11 is 0. The summed E-state index contributed by atoms with van der Waals surface area (Å²) in [6.45, 7) is 6.92. The summed E-state index contributed by atoms with van der Waals surface area (Å²) in [4.78, 5) is 24.3. The first-order chi connectivity index (χ1) is 10.6. The first-order valence-electron chi connectivity index (χ1n) is 7.24. The molecular formula is C15H20N6O. The van der Waals surface area contributed by atoms with Crippen LogP contribution in [0.15, 0.2) is 24.3 Å². The van der Waals surface area contributed by atoms with Gasteiger partial charge in [-0.25, -0.2) is 0 Å². The van der Waals surface area contributed by atoms with E-state index in [9.17, 15) is 4.79 Å². The Morgan fingerprint density at radius 2 is 1.59 bits per heavy atom. The summed E-state index contributed by atoms with van der Waals surface area (Å²) < 4.78 is 0. The number of Topliss-reactive ketones (excluding diaryl/α,β-unsaturated/α-hetero) is 1. The maximum absolute atomic E-state index is 11.4. The Morgan fingerprint density at radius 3 is 2.14 bits per heavy atom. The maximum atomic E-state index is 11.4. The first-order valence-corrected chi connectivity index (χ1v) is 7.24. The largest absolute Gasteiger partial charge is 0.354 e. The molecule has 22 heavy (non-hydrogen) atoms. The predicted molar refractivity (Wildman–Crippen MR) is 87.9 cm³/mol. The Morgan fingerprint density at radius 1 is 1.00 bits per heavy atom. The Labute approximate surface area is 129 Å². The fourth-order valence-corrected chi connectivity index (χ4v) is 1.85. The highest BCUT2D eigenvalue weighted by Crippen LogP contribution is 2.17. The molecule has 1 aromatic carbocycles. The second-order valence-corrected chi connectivity index (χ2v) is 4.63. The summed E-state index contributed by atoms with van der Waals surface area (Å²) in [5, 5.41) is 9.23. The zero-order chi connectivity index (χ0) is 15.9. The number of carbonyl (C=O) groups excluding carboxylic acids is 1. The average Bonchev–Trinajstić information content (AvgIpc) is 2.48. The van der Waals surface area contributed by atoms with E-state index >= 15 is 0 Å². The molecule has 0 unspecified atom stereocenters. The van der Waals surface area contributed by atoms with Gasteiger partial charge in [0.05, 0.1) is 0 Å². The van der Waals surface area contributed by atoms with Gasteiger partial charge < -0.3 is 16.0 Å². The van der Waals surface area contributed by atoms with Crippen molar-refractivity contribution in [1.82, 2.24) is 15.0 Å². The van der Waals surface area contributed by atoms with Crippen LogP contribution in [0.2, 0.25) is 0 Å². The van der Waals surface area contributed by atoms with E-state index < -0.39 is 0 Å². The summed E-state index contributed by atoms with van der Waals surface area (Å²) in [7, 11) is 0. The number of rotatable bonds is 7. The molecule has 7 nitrogen and oxygen atoms in total. The molecule has 1 aromatic heterocycles. The van der Waals surface area contributed by atoms with E-state index in [1.807, 2.05) is 26.0 Å². The Kier molecular flexibility index (Phi) is 5.24. The molecule has 0 aliphatic carbocycles. The molecule has 116 valence electrons. The average molecular weight is 300 g/mol. The van der Waals surface area contributed by atoms with E-state index in [2.05, 4.69) is 30.9 Å². The van der Waals surface area contributed by atoms with E-state index in [1.54, 1.807) is 12.1 Å². The van der Waals surface area contributed by atoms with Gasteiger partial charge in [0.25, 0.3) is 0 Å². The van der Waals surface area contributed by atoms with Crippen LogP contribution >= 0.6 is 0 Å². The van der Waals surface area contributed by atoms with Crippen molar-refractivity contribution in [2.24, 2.45) is 0 Å². The van der Waals surface area contributed by atoms with Gasteiger partial charge in [-0.05, 0) is 32.9 Å². The lowest BCUT2D eigenvalue weighted by molar-refractivity contribution is 0.101. The van der Waals surface area contributed by atoms with Gasteiger partial charge in [0, 0.05) is 24.3 Å². The van der Waals surface area contributed by atoms with E-state index in [4.69, 9.17) is 0 Å². The summed E-state index contributed by atoms with van der Waals surface area (Å²) in [5.74, 6) is 1.43. The van der Waals surface area contributed by atoms with Gasteiger partial charge >= 0.3 is 0 Å². The van der Waals surface area contributed by atoms with Crippen LogP contribution in [0.4, 0.5) is 23.5 Å². The topological polar surface area (TPSA) is 91.8 Å². The van der Waals surface area contributed by atoms with E-state index in [-0.39, 0.29) is 5.78 Å². The third kappa shape index (κ3) is 4.15. The number of anilines is 4. The van der Waals surface area contributed by atoms with Crippen molar-refractivity contribution in [3.05, 3.63) is 29.8 Å². The number of ketones is 1. The zero-order valence-electron chi connectivity index (χ0n) is 13.0. The number of carbonyl (C=O) groups is 1. The minimum Gasteiger partial charge on any atom is -0.354 e. The fourth-order valence-electron chi connectivity index (χ4n) is 1.85. The Hall–Kier alpha value is -2.70. The number of aromatic nitrogens is 3. The molecular weight excluding hydrogens is 280 g/mol. The number of nitrogens with zero attached hydrogens (tertiary/aromatic N) is 3. The van der Waals surface area contributed by atoms with Gasteiger partial charge in [-0.1, -0.05) is 12.1 Å². The van der Waals surface area contributed by atoms with Crippen molar-refractivity contribution in [3.8, 4) is 0 Å². The lowest BCUT2D eigenvalue weighted by atomic mass is 10.1. The minimum absolute atomic E-state index is 0.0148. The van der Waals surface area contributed by atoms with Gasteiger partial charge in [-0.2, -0.15) is 15.0 Å². The molecule has 0 saturated carbocycles. The number of nitrogens with one attached hydrogen (secondary N) is 3. The Balaban J connectivity index is 2.27. The van der Waals surface area contributed by atoms with Gasteiger partial charge in [0.2, 0.25) is 17.8 Å². The lowest BCUT2D eigenvalue weighted by Gasteiger charge is -2.10. The summed E-state index contributed by atoms with van der Waals surface area (Å²) in [6.07, 6.45) is 0. The quantitative estimate of drug-likeness (QED) is 0.677. The van der Waals surface area contributed by atoms with Crippen LogP contribution in [0.25, 0.3) is 0 Å². The molecule has 2 aromatic rings. The Bertz CT molecular complexity index is 634. The van der Waals surface area contributed by atoms with Gasteiger partial charge in [-0.3, -0.25) is 4.79 Å². The van der Waals surface area contributed by atoms with Crippen LogP contribution in [0, 0.1) is 0 Å². The smallest absolute Gasteiger partial charge is 0.233 e. The number of benzene rings is 1. The summed E-state index contributed by atoms with van der Waals surface area (Å²) in [6, 6.07) is 7.22. The van der Waals surface area contributed by atoms with Crippen molar-refractivity contribution in [2.75, 3.05) is 29.0 Å². The first kappa shape index (κ1) is 15.7. The molecule has 0 aliphatic heterocycles. The highest BCUT2D eigenvalue weighted by atomic mass is 16.1. The molecule has 0 fully saturated rings. The SMILES string of the molecule is CCNc1nc(NCC)nc(Nc2cccc(C(C)=O)c2)n1. The van der Waals surface area contributed by atoms with E-state index in [0.717, 1.165) is 18.8 Å². The monoisotopic (exact) mass is 300 g/mol. The highest BCUT2D eigenvalue weighted by molar-refractivity contribution is 5.95. The molecule has 0 aliphatic rings. The molecule has 0 spiro atoms. The van der Waals surface area contributed by atoms with E-state index in [1.165, 1.54) is 6.92 Å². The fraction of sp³-hybridized carbons (Fsp3) is 0.333. The van der Waals surface area contributed by atoms with E-state index in [0.29, 0.717) is 23.4 Å². The molecule has 3 N–H and O–H groups in total. The second-order valence-electron chi connectivity index (χ2n) is 4.63. The second kappa shape index (κ2) is 7.35. The van der Waals surface area contributed by atoms with Crippen LogP contribution in [0.5, 0.6) is 0 Å². The zero-order valence-corrected chi connectivity index (χ0v) is 13.0. The number of hydrogen-bond donors (Lipinski definition) is 3. The van der Waals surface area contributed by atoms with Crippen LogP contribution < -0.4 is 16.0 Å². The molecule has 0 radical (unpaired) electrons. The normalized spacial score (nSPS) is 10.1. The minimum atomic E-state index is 0.0148. The van der Waals surface area contributed by atoms with Crippen LogP contribution in [-0.4, -0.2) is 33.8 Å². The maximum Gasteiger partial charge on any atom is 0.233 e. The standard InChI is InChI=1S/C15H20N6O/c1-4-16-13-19-14(17-5-2)21-15(20-13)18-12-8-6-7-11(9-12)10(3)22/h6-9H,4-5H2,1-3H3,(H3,16,17,18,19,20,21). The van der Waals surface area contributed by atoms with Crippen LogP contribution in [-0.2, 0) is 0 Å². The third-order valence-electron chi connectivity index (χ3n) is 2.83. The molecule has 1 heterocycles. The van der Waals surface area contributed by atoms with Crippen molar-refractivity contribution in [2.45, 2.75) is 20.8 Å². The van der Waals surface area contributed by atoms with Crippen molar-refractivity contribution < 1.29 is 4.79 Å². The van der Waals surface area contributed by atoms with Gasteiger partial charge in [0.15, 0.2) is 5.78 Å². The predicted octanol–water partition coefficient (Wildman–Crippen LogP) is 2.68. The molecule has 0 saturated heterocycles. The molecule has 0 amide bonds. The third-order valence-corrected chi connectivity index (χ3v) is 2.83. The van der Waals surface area contributed by atoms with Crippen LogP contribution in [0.1, 0.15) is 31.1 Å². The van der Waals surface area contributed by atoms with Gasteiger partial charge in [-0.15, -0.1) is 0 Å². The molecule has 0 bridgehead atoms. The highest BCUT2D eigenvalue weighted by Gasteiger charge is 2.07. The van der Waals surface area contributed by atoms with Crippen molar-refractivity contribution >= 4 is 29.3 Å². The lowest BCUT2D eigenvalue weighted by Crippen LogP contribution is -2.10. The van der Waals surface area contributed by atoms with Crippen LogP contribution in [0.3, 0.4) is 0 Å². The van der Waals surface area contributed by atoms with Crippen molar-refractivity contribution in [3.63, 3.8) is 0 Å². The van der Waals surface area contributed by atoms with Crippen molar-refractivity contribution in [1.29, 1.82) is 0 Å². The number of hydrogen-bond acceptors (Lipinski definition) is 7. The molecule has 7 heteroatoms. The van der Waals surface area contributed by atoms with Gasteiger partial charge in [0.1, 0.15) is 0 Å². The summed E-state index contributed by atoms with van der Waals surface area (Å²) in [5.41, 5.74) is 1.39.